The van der Waals surface area contributed by atoms with Gasteiger partial charge in [-0.2, -0.15) is 11.8 Å². The molecular formula is C11H11BrClNOS. The number of carbonyl (C=O) groups excluding carboxylic acids is 1. The molecular weight excluding hydrogens is 310 g/mol. The third-order valence-electron chi connectivity index (χ3n) is 2.49. The largest absolute Gasteiger partial charge is 0.324 e. The lowest BCUT2D eigenvalue weighted by Gasteiger charge is -2.11. The summed E-state index contributed by atoms with van der Waals surface area (Å²) < 4.78 is 0.910. The van der Waals surface area contributed by atoms with Crippen LogP contribution in [0.3, 0.4) is 0 Å². The van der Waals surface area contributed by atoms with E-state index in [1.807, 2.05) is 23.9 Å². The molecule has 1 saturated heterocycles. The van der Waals surface area contributed by atoms with E-state index in [-0.39, 0.29) is 11.8 Å². The molecule has 5 heteroatoms. The Balaban J connectivity index is 2.07. The van der Waals surface area contributed by atoms with E-state index in [4.69, 9.17) is 11.6 Å². The number of carbonyl (C=O) groups is 1. The average Bonchev–Trinajstić information content (AvgIpc) is 2.76. The van der Waals surface area contributed by atoms with Crippen molar-refractivity contribution in [3.8, 4) is 0 Å². The van der Waals surface area contributed by atoms with Gasteiger partial charge in [-0.05, 0) is 30.4 Å². The van der Waals surface area contributed by atoms with E-state index in [0.29, 0.717) is 10.7 Å². The van der Waals surface area contributed by atoms with E-state index in [9.17, 15) is 4.79 Å². The number of halogens is 2. The molecule has 1 fully saturated rings. The normalized spacial score (nSPS) is 19.8. The Morgan fingerprint density at radius 3 is 3.06 bits per heavy atom. The molecule has 1 amide bonds. The van der Waals surface area contributed by atoms with Crippen LogP contribution >= 0.6 is 39.3 Å². The standard InChI is InChI=1S/C11H11BrClNOS/c12-8-1-2-9(13)10(5-8)14-11(15)7-3-4-16-6-7/h1-2,5,7H,3-4,6H2,(H,14,15). The SMILES string of the molecule is O=C(Nc1cc(Br)ccc1Cl)C1CCSC1. The second-order valence-electron chi connectivity index (χ2n) is 3.67. The molecule has 1 aliphatic heterocycles. The summed E-state index contributed by atoms with van der Waals surface area (Å²) in [4.78, 5) is 11.9. The fourth-order valence-electron chi connectivity index (χ4n) is 1.57. The maximum Gasteiger partial charge on any atom is 0.228 e. The number of benzene rings is 1. The monoisotopic (exact) mass is 319 g/mol. The number of thioether (sulfide) groups is 1. The third-order valence-corrected chi connectivity index (χ3v) is 4.47. The minimum atomic E-state index is 0.0741. The quantitative estimate of drug-likeness (QED) is 0.898. The molecule has 0 saturated carbocycles. The van der Waals surface area contributed by atoms with E-state index in [0.717, 1.165) is 22.4 Å². The highest BCUT2D eigenvalue weighted by atomic mass is 79.9. The zero-order chi connectivity index (χ0) is 11.5. The molecule has 1 N–H and O–H groups in total. The van der Waals surface area contributed by atoms with Crippen molar-refractivity contribution in [2.45, 2.75) is 6.42 Å². The van der Waals surface area contributed by atoms with Gasteiger partial charge in [0.2, 0.25) is 5.91 Å². The maximum atomic E-state index is 11.9. The Morgan fingerprint density at radius 2 is 2.38 bits per heavy atom. The van der Waals surface area contributed by atoms with Crippen molar-refractivity contribution in [3.63, 3.8) is 0 Å². The molecule has 1 aliphatic rings. The van der Waals surface area contributed by atoms with Gasteiger partial charge in [0.1, 0.15) is 0 Å². The fraction of sp³-hybridized carbons (Fsp3) is 0.364. The zero-order valence-electron chi connectivity index (χ0n) is 8.50. The van der Waals surface area contributed by atoms with E-state index in [1.165, 1.54) is 0 Å². The number of amides is 1. The molecule has 0 radical (unpaired) electrons. The lowest BCUT2D eigenvalue weighted by molar-refractivity contribution is -0.119. The van der Waals surface area contributed by atoms with Crippen molar-refractivity contribution in [1.82, 2.24) is 0 Å². The van der Waals surface area contributed by atoms with E-state index in [2.05, 4.69) is 21.2 Å². The van der Waals surface area contributed by atoms with Gasteiger partial charge in [-0.25, -0.2) is 0 Å². The van der Waals surface area contributed by atoms with Gasteiger partial charge in [-0.3, -0.25) is 4.79 Å². The second kappa shape index (κ2) is 5.43. The summed E-state index contributed by atoms with van der Waals surface area (Å²) in [6.45, 7) is 0. The summed E-state index contributed by atoms with van der Waals surface area (Å²) >= 11 is 11.2. The Labute approximate surface area is 112 Å². The lowest BCUT2D eigenvalue weighted by Crippen LogP contribution is -2.22. The topological polar surface area (TPSA) is 29.1 Å². The first-order valence-electron chi connectivity index (χ1n) is 5.00. The predicted octanol–water partition coefficient (Wildman–Crippen LogP) is 3.79. The Bertz CT molecular complexity index is 407. The van der Waals surface area contributed by atoms with Crippen LogP contribution in [0.5, 0.6) is 0 Å². The maximum absolute atomic E-state index is 11.9. The Kier molecular flexibility index (Phi) is 4.16. The van der Waals surface area contributed by atoms with Crippen LogP contribution in [0, 0.1) is 5.92 Å². The van der Waals surface area contributed by atoms with Crippen LogP contribution in [0.15, 0.2) is 22.7 Å². The first-order chi connectivity index (χ1) is 7.66. The molecule has 0 spiro atoms. The highest BCUT2D eigenvalue weighted by Crippen LogP contribution is 2.28. The predicted molar refractivity (Wildman–Crippen MR) is 73.2 cm³/mol. The first-order valence-corrected chi connectivity index (χ1v) is 7.33. The highest BCUT2D eigenvalue weighted by molar-refractivity contribution is 9.10. The first kappa shape index (κ1) is 12.3. The summed E-state index contributed by atoms with van der Waals surface area (Å²) in [6, 6.07) is 5.44. The van der Waals surface area contributed by atoms with E-state index in [1.54, 1.807) is 6.07 Å². The van der Waals surface area contributed by atoms with Crippen LogP contribution in [-0.4, -0.2) is 17.4 Å². The van der Waals surface area contributed by atoms with Crippen molar-refractivity contribution >= 4 is 50.9 Å². The Morgan fingerprint density at radius 1 is 1.56 bits per heavy atom. The summed E-state index contributed by atoms with van der Waals surface area (Å²) in [6.07, 6.45) is 0.960. The van der Waals surface area contributed by atoms with Gasteiger partial charge in [0.25, 0.3) is 0 Å². The second-order valence-corrected chi connectivity index (χ2v) is 6.15. The fourth-order valence-corrected chi connectivity index (χ4v) is 3.32. The third kappa shape index (κ3) is 2.93. The number of hydrogen-bond acceptors (Lipinski definition) is 2. The van der Waals surface area contributed by atoms with Crippen molar-refractivity contribution in [1.29, 1.82) is 0 Å². The average molecular weight is 321 g/mol. The van der Waals surface area contributed by atoms with Gasteiger partial charge in [-0.15, -0.1) is 0 Å². The van der Waals surface area contributed by atoms with Crippen LogP contribution in [-0.2, 0) is 4.79 Å². The molecule has 1 heterocycles. The molecule has 0 aliphatic carbocycles. The van der Waals surface area contributed by atoms with Crippen molar-refractivity contribution in [2.24, 2.45) is 5.92 Å². The molecule has 1 atom stereocenters. The Hall–Kier alpha value is -0.190. The van der Waals surface area contributed by atoms with E-state index < -0.39 is 0 Å². The van der Waals surface area contributed by atoms with Crippen molar-refractivity contribution in [2.75, 3.05) is 16.8 Å². The van der Waals surface area contributed by atoms with Crippen LogP contribution in [0.4, 0.5) is 5.69 Å². The van der Waals surface area contributed by atoms with Crippen LogP contribution in [0.25, 0.3) is 0 Å². The zero-order valence-corrected chi connectivity index (χ0v) is 11.7. The van der Waals surface area contributed by atoms with Crippen LogP contribution < -0.4 is 5.32 Å². The summed E-state index contributed by atoms with van der Waals surface area (Å²) in [7, 11) is 0. The van der Waals surface area contributed by atoms with Gasteiger partial charge < -0.3 is 5.32 Å². The van der Waals surface area contributed by atoms with Gasteiger partial charge in [-0.1, -0.05) is 27.5 Å². The molecule has 2 nitrogen and oxygen atoms in total. The van der Waals surface area contributed by atoms with E-state index >= 15 is 0 Å². The molecule has 16 heavy (non-hydrogen) atoms. The smallest absolute Gasteiger partial charge is 0.228 e. The summed E-state index contributed by atoms with van der Waals surface area (Å²) in [5.41, 5.74) is 0.679. The molecule has 1 unspecified atom stereocenters. The number of hydrogen-bond donors (Lipinski definition) is 1. The minimum Gasteiger partial charge on any atom is -0.324 e. The molecule has 2 rings (SSSR count). The van der Waals surface area contributed by atoms with Gasteiger partial charge in [0.15, 0.2) is 0 Å². The number of nitrogens with one attached hydrogen (secondary N) is 1. The minimum absolute atomic E-state index is 0.0741. The van der Waals surface area contributed by atoms with Gasteiger partial charge in [0.05, 0.1) is 10.7 Å². The van der Waals surface area contributed by atoms with Crippen molar-refractivity contribution < 1.29 is 4.79 Å². The van der Waals surface area contributed by atoms with Gasteiger partial charge >= 0.3 is 0 Å². The highest BCUT2D eigenvalue weighted by Gasteiger charge is 2.23. The van der Waals surface area contributed by atoms with Crippen LogP contribution in [0.1, 0.15) is 6.42 Å². The molecule has 1 aromatic carbocycles. The number of anilines is 1. The van der Waals surface area contributed by atoms with Crippen molar-refractivity contribution in [3.05, 3.63) is 27.7 Å². The van der Waals surface area contributed by atoms with Crippen LogP contribution in [0.2, 0.25) is 5.02 Å². The molecule has 0 aromatic heterocycles. The number of rotatable bonds is 2. The molecule has 86 valence electrons. The van der Waals surface area contributed by atoms with Gasteiger partial charge in [0, 0.05) is 16.1 Å². The lowest BCUT2D eigenvalue weighted by atomic mass is 10.1. The summed E-state index contributed by atoms with van der Waals surface area (Å²) in [5, 5.41) is 3.45. The summed E-state index contributed by atoms with van der Waals surface area (Å²) in [5.74, 6) is 2.19. The molecule has 0 bridgehead atoms. The molecule has 1 aromatic rings.